The Morgan fingerprint density at radius 1 is 1.50 bits per heavy atom. The minimum atomic E-state index is 0.00517. The van der Waals surface area contributed by atoms with Crippen molar-refractivity contribution in [3.8, 4) is 0 Å². The molecular weight excluding hydrogens is 228 g/mol. The molecule has 2 atom stereocenters. The third-order valence-electron chi connectivity index (χ3n) is 3.40. The Morgan fingerprint density at radius 3 is 3.00 bits per heavy atom. The largest absolute Gasteiger partial charge is 0.377 e. The van der Waals surface area contributed by atoms with Gasteiger partial charge in [0.15, 0.2) is 0 Å². The highest BCUT2D eigenvalue weighted by Crippen LogP contribution is 2.23. The van der Waals surface area contributed by atoms with Gasteiger partial charge in [-0.3, -0.25) is 9.78 Å². The first-order valence-corrected chi connectivity index (χ1v) is 6.59. The van der Waals surface area contributed by atoms with E-state index in [2.05, 4.69) is 17.2 Å². The van der Waals surface area contributed by atoms with Crippen molar-refractivity contribution in [3.63, 3.8) is 0 Å². The fourth-order valence-electron chi connectivity index (χ4n) is 2.36. The van der Waals surface area contributed by atoms with E-state index < -0.39 is 0 Å². The predicted molar refractivity (Wildman–Crippen MR) is 68.8 cm³/mol. The molecule has 0 aliphatic carbocycles. The number of hydrogen-bond acceptors (Lipinski definition) is 3. The molecule has 2 rings (SSSR count). The molecule has 1 aromatic heterocycles. The zero-order chi connectivity index (χ0) is 12.8. The van der Waals surface area contributed by atoms with Crippen molar-refractivity contribution in [2.75, 3.05) is 6.61 Å². The molecule has 1 N–H and O–H groups in total. The van der Waals surface area contributed by atoms with Gasteiger partial charge in [-0.25, -0.2) is 0 Å². The molecule has 0 aromatic carbocycles. The molecule has 4 nitrogen and oxygen atoms in total. The van der Waals surface area contributed by atoms with E-state index in [1.807, 2.05) is 12.1 Å². The van der Waals surface area contributed by atoms with E-state index in [0.29, 0.717) is 6.54 Å². The van der Waals surface area contributed by atoms with E-state index in [4.69, 9.17) is 4.74 Å². The number of nitrogens with one attached hydrogen (secondary N) is 1. The van der Waals surface area contributed by atoms with Crippen LogP contribution in [0.15, 0.2) is 24.5 Å². The van der Waals surface area contributed by atoms with Gasteiger partial charge in [0, 0.05) is 25.5 Å². The Hall–Kier alpha value is -1.42. The number of aromatic nitrogens is 1. The Morgan fingerprint density at radius 2 is 2.28 bits per heavy atom. The smallest absolute Gasteiger partial charge is 0.225 e. The number of nitrogens with zero attached hydrogens (tertiary/aromatic N) is 1. The van der Waals surface area contributed by atoms with Gasteiger partial charge in [-0.2, -0.15) is 0 Å². The van der Waals surface area contributed by atoms with E-state index in [0.717, 1.165) is 31.4 Å². The minimum absolute atomic E-state index is 0.00517. The molecule has 1 aliphatic heterocycles. The molecule has 1 aliphatic rings. The lowest BCUT2D eigenvalue weighted by atomic mass is 9.92. The van der Waals surface area contributed by atoms with Crippen LogP contribution in [0.4, 0.5) is 0 Å². The predicted octanol–water partition coefficient (Wildman–Crippen LogP) is 1.90. The second-order valence-electron chi connectivity index (χ2n) is 4.64. The number of ether oxygens (including phenoxy) is 1. The number of carbonyl (C=O) groups excluding carboxylic acids is 1. The molecule has 1 fully saturated rings. The van der Waals surface area contributed by atoms with Crippen LogP contribution in [0.2, 0.25) is 0 Å². The minimum Gasteiger partial charge on any atom is -0.377 e. The molecule has 0 radical (unpaired) electrons. The summed E-state index contributed by atoms with van der Waals surface area (Å²) in [5.41, 5.74) is 1.07. The maximum absolute atomic E-state index is 12.1. The lowest BCUT2D eigenvalue weighted by Gasteiger charge is -2.30. The van der Waals surface area contributed by atoms with Gasteiger partial charge in [0.2, 0.25) is 5.91 Å². The average Bonchev–Trinajstić information content (AvgIpc) is 2.45. The normalized spacial score (nSPS) is 23.6. The summed E-state index contributed by atoms with van der Waals surface area (Å²) >= 11 is 0. The van der Waals surface area contributed by atoms with E-state index >= 15 is 0 Å². The van der Waals surface area contributed by atoms with Gasteiger partial charge in [0.25, 0.3) is 0 Å². The summed E-state index contributed by atoms with van der Waals surface area (Å²) < 4.78 is 5.64. The van der Waals surface area contributed by atoms with Gasteiger partial charge in [-0.1, -0.05) is 6.92 Å². The zero-order valence-corrected chi connectivity index (χ0v) is 10.8. The molecule has 0 bridgehead atoms. The number of amides is 1. The van der Waals surface area contributed by atoms with Crippen LogP contribution in [0.1, 0.15) is 31.7 Å². The summed E-state index contributed by atoms with van der Waals surface area (Å²) in [5.74, 6) is 0.115. The van der Waals surface area contributed by atoms with Crippen molar-refractivity contribution in [1.29, 1.82) is 0 Å². The summed E-state index contributed by atoms with van der Waals surface area (Å²) in [6.45, 7) is 3.42. The number of pyridine rings is 1. The quantitative estimate of drug-likeness (QED) is 0.885. The number of hydrogen-bond donors (Lipinski definition) is 1. The standard InChI is InChI=1S/C14H20N2O2/c1-2-13-12(4-3-9-18-13)14(17)16-10-11-5-7-15-8-6-11/h5-8,12-13H,2-4,9-10H2,1H3,(H,16,17)/t12-,13-/m0/s1. The first-order valence-electron chi connectivity index (χ1n) is 6.59. The highest BCUT2D eigenvalue weighted by molar-refractivity contribution is 5.79. The molecule has 0 saturated carbocycles. The third kappa shape index (κ3) is 3.29. The number of carbonyl (C=O) groups is 1. The maximum Gasteiger partial charge on any atom is 0.225 e. The van der Waals surface area contributed by atoms with Crippen LogP contribution in [-0.2, 0) is 16.1 Å². The second-order valence-corrected chi connectivity index (χ2v) is 4.64. The zero-order valence-electron chi connectivity index (χ0n) is 10.8. The molecule has 98 valence electrons. The van der Waals surface area contributed by atoms with Crippen molar-refractivity contribution in [1.82, 2.24) is 10.3 Å². The van der Waals surface area contributed by atoms with Crippen molar-refractivity contribution < 1.29 is 9.53 Å². The highest BCUT2D eigenvalue weighted by Gasteiger charge is 2.30. The average molecular weight is 248 g/mol. The number of rotatable bonds is 4. The molecule has 1 saturated heterocycles. The van der Waals surface area contributed by atoms with Crippen LogP contribution in [0, 0.1) is 5.92 Å². The first-order chi connectivity index (χ1) is 8.81. The van der Waals surface area contributed by atoms with E-state index in [9.17, 15) is 4.79 Å². The van der Waals surface area contributed by atoms with E-state index in [1.165, 1.54) is 0 Å². The van der Waals surface area contributed by atoms with Crippen LogP contribution in [-0.4, -0.2) is 23.6 Å². The van der Waals surface area contributed by atoms with Crippen LogP contribution in [0.3, 0.4) is 0 Å². The van der Waals surface area contributed by atoms with Crippen LogP contribution >= 0.6 is 0 Å². The SMILES string of the molecule is CC[C@@H]1OCCC[C@@H]1C(=O)NCc1ccncc1. The van der Waals surface area contributed by atoms with Crippen molar-refractivity contribution >= 4 is 5.91 Å². The van der Waals surface area contributed by atoms with Crippen LogP contribution in [0.5, 0.6) is 0 Å². The highest BCUT2D eigenvalue weighted by atomic mass is 16.5. The summed E-state index contributed by atoms with van der Waals surface area (Å²) in [7, 11) is 0. The maximum atomic E-state index is 12.1. The molecular formula is C14H20N2O2. The summed E-state index contributed by atoms with van der Waals surface area (Å²) in [6, 6.07) is 3.82. The fraction of sp³-hybridized carbons (Fsp3) is 0.571. The topological polar surface area (TPSA) is 51.2 Å². The Labute approximate surface area is 108 Å². The van der Waals surface area contributed by atoms with E-state index in [-0.39, 0.29) is 17.9 Å². The Kier molecular flexibility index (Phi) is 4.70. The summed E-state index contributed by atoms with van der Waals surface area (Å²) in [6.07, 6.45) is 6.36. The van der Waals surface area contributed by atoms with Gasteiger partial charge >= 0.3 is 0 Å². The van der Waals surface area contributed by atoms with Gasteiger partial charge in [0.05, 0.1) is 12.0 Å². The first kappa shape index (κ1) is 13.0. The van der Waals surface area contributed by atoms with Gasteiger partial charge in [-0.15, -0.1) is 0 Å². The summed E-state index contributed by atoms with van der Waals surface area (Å²) in [5, 5.41) is 2.99. The monoisotopic (exact) mass is 248 g/mol. The second kappa shape index (κ2) is 6.50. The van der Waals surface area contributed by atoms with Gasteiger partial charge < -0.3 is 10.1 Å². The fourth-order valence-corrected chi connectivity index (χ4v) is 2.36. The Bertz CT molecular complexity index is 381. The molecule has 0 unspecified atom stereocenters. The molecule has 1 amide bonds. The Balaban J connectivity index is 1.87. The molecule has 4 heteroatoms. The van der Waals surface area contributed by atoms with Crippen molar-refractivity contribution in [3.05, 3.63) is 30.1 Å². The van der Waals surface area contributed by atoms with Crippen molar-refractivity contribution in [2.24, 2.45) is 5.92 Å². The molecule has 2 heterocycles. The van der Waals surface area contributed by atoms with Crippen LogP contribution in [0.25, 0.3) is 0 Å². The third-order valence-corrected chi connectivity index (χ3v) is 3.40. The lowest BCUT2D eigenvalue weighted by molar-refractivity contribution is -0.134. The molecule has 1 aromatic rings. The van der Waals surface area contributed by atoms with Crippen LogP contribution < -0.4 is 5.32 Å². The summed E-state index contributed by atoms with van der Waals surface area (Å²) in [4.78, 5) is 16.1. The van der Waals surface area contributed by atoms with E-state index in [1.54, 1.807) is 12.4 Å². The van der Waals surface area contributed by atoms with Crippen molar-refractivity contribution in [2.45, 2.75) is 38.8 Å². The van der Waals surface area contributed by atoms with Gasteiger partial charge in [0.1, 0.15) is 0 Å². The molecule has 0 spiro atoms. The van der Waals surface area contributed by atoms with Gasteiger partial charge in [-0.05, 0) is 37.0 Å². The molecule has 18 heavy (non-hydrogen) atoms. The lowest BCUT2D eigenvalue weighted by Crippen LogP contribution is -2.41.